The first kappa shape index (κ1) is 18.2. The largest absolute Gasteiger partial charge is 0.416 e. The van der Waals surface area contributed by atoms with E-state index in [0.29, 0.717) is 13.2 Å². The molecule has 1 fully saturated rings. The molecule has 0 saturated carbocycles. The molecular formula is C16H23F3N2O2. The zero-order valence-corrected chi connectivity index (χ0v) is 13.4. The van der Waals surface area contributed by atoms with Gasteiger partial charge in [0.15, 0.2) is 0 Å². The Hall–Kier alpha value is -1.15. The number of benzene rings is 1. The number of halogens is 3. The van der Waals surface area contributed by atoms with Crippen LogP contribution < -0.4 is 5.32 Å². The average Bonchev–Trinajstić information content (AvgIpc) is 2.46. The highest BCUT2D eigenvalue weighted by Gasteiger charge is 2.32. The number of rotatable bonds is 5. The lowest BCUT2D eigenvalue weighted by Crippen LogP contribution is -2.47. The summed E-state index contributed by atoms with van der Waals surface area (Å²) in [4.78, 5) is 2.15. The maximum Gasteiger partial charge on any atom is 0.416 e. The first-order chi connectivity index (χ1) is 10.7. The molecule has 0 aliphatic carbocycles. The van der Waals surface area contributed by atoms with E-state index >= 15 is 0 Å². The molecule has 1 aliphatic heterocycles. The molecule has 0 radical (unpaired) electrons. The fourth-order valence-electron chi connectivity index (χ4n) is 2.60. The lowest BCUT2D eigenvalue weighted by atomic mass is 9.94. The van der Waals surface area contributed by atoms with Crippen molar-refractivity contribution in [2.75, 3.05) is 39.8 Å². The van der Waals surface area contributed by atoms with Crippen molar-refractivity contribution in [3.8, 4) is 0 Å². The zero-order valence-electron chi connectivity index (χ0n) is 13.4. The van der Waals surface area contributed by atoms with E-state index in [9.17, 15) is 18.3 Å². The fourth-order valence-corrected chi connectivity index (χ4v) is 2.60. The van der Waals surface area contributed by atoms with Crippen molar-refractivity contribution in [2.45, 2.75) is 24.8 Å². The number of hydrogen-bond donors (Lipinski definition) is 2. The Labute approximate surface area is 134 Å². The van der Waals surface area contributed by atoms with Crippen LogP contribution in [0.2, 0.25) is 0 Å². The molecule has 1 aliphatic rings. The van der Waals surface area contributed by atoms with Gasteiger partial charge in [-0.2, -0.15) is 13.2 Å². The van der Waals surface area contributed by atoms with Crippen LogP contribution in [0.15, 0.2) is 24.3 Å². The second kappa shape index (κ2) is 7.17. The van der Waals surface area contributed by atoms with Crippen molar-refractivity contribution >= 4 is 0 Å². The molecule has 1 aromatic carbocycles. The Bertz CT molecular complexity index is 520. The van der Waals surface area contributed by atoms with Crippen LogP contribution in [-0.2, 0) is 16.5 Å². The number of alkyl halides is 3. The number of aliphatic hydroxyl groups is 1. The summed E-state index contributed by atoms with van der Waals surface area (Å²) in [5, 5.41) is 13.6. The third-order valence-corrected chi connectivity index (χ3v) is 3.99. The normalized spacial score (nSPS) is 22.8. The summed E-state index contributed by atoms with van der Waals surface area (Å²) in [6, 6.07) is 4.80. The molecule has 1 heterocycles. The summed E-state index contributed by atoms with van der Waals surface area (Å²) in [6.07, 6.45) is -4.40. The van der Waals surface area contributed by atoms with Gasteiger partial charge in [-0.25, -0.2) is 0 Å². The summed E-state index contributed by atoms with van der Waals surface area (Å²) in [6.45, 7) is 4.53. The van der Waals surface area contributed by atoms with Gasteiger partial charge >= 0.3 is 6.18 Å². The standard InChI is InChI=1S/C16H23F3N2O2/c1-15(22,11-20-9-14-10-21(2)6-7-23-14)12-4-3-5-13(8-12)16(17,18)19/h3-5,8,14,20,22H,6-7,9-11H2,1-2H3/t14-,15+/m0/s1. The zero-order chi connectivity index (χ0) is 17.1. The molecular weight excluding hydrogens is 309 g/mol. The second-order valence-electron chi connectivity index (χ2n) is 6.24. The van der Waals surface area contributed by atoms with Crippen molar-refractivity contribution < 1.29 is 23.0 Å². The molecule has 2 N–H and O–H groups in total. The molecule has 130 valence electrons. The summed E-state index contributed by atoms with van der Waals surface area (Å²) < 4.78 is 43.9. The molecule has 0 unspecified atom stereocenters. The predicted molar refractivity (Wildman–Crippen MR) is 81.1 cm³/mol. The van der Waals surface area contributed by atoms with E-state index in [2.05, 4.69) is 10.2 Å². The average molecular weight is 332 g/mol. The van der Waals surface area contributed by atoms with Crippen LogP contribution in [0.4, 0.5) is 13.2 Å². The number of morpholine rings is 1. The molecule has 1 saturated heterocycles. The van der Waals surface area contributed by atoms with E-state index < -0.39 is 17.3 Å². The fraction of sp³-hybridized carbons (Fsp3) is 0.625. The van der Waals surface area contributed by atoms with Gasteiger partial charge in [0.1, 0.15) is 0 Å². The van der Waals surface area contributed by atoms with Gasteiger partial charge < -0.3 is 20.1 Å². The van der Waals surface area contributed by atoms with Gasteiger partial charge in [-0.15, -0.1) is 0 Å². The SMILES string of the molecule is CN1CCO[C@@H](CNC[C@@](C)(O)c2cccc(C(F)(F)F)c2)C1. The highest BCUT2D eigenvalue weighted by atomic mass is 19.4. The molecule has 1 aromatic rings. The number of hydrogen-bond acceptors (Lipinski definition) is 4. The smallest absolute Gasteiger partial charge is 0.384 e. The number of nitrogens with one attached hydrogen (secondary N) is 1. The highest BCUT2D eigenvalue weighted by Crippen LogP contribution is 2.31. The van der Waals surface area contributed by atoms with Gasteiger partial charge in [-0.1, -0.05) is 12.1 Å². The van der Waals surface area contributed by atoms with Gasteiger partial charge in [0.25, 0.3) is 0 Å². The lowest BCUT2D eigenvalue weighted by Gasteiger charge is -2.31. The quantitative estimate of drug-likeness (QED) is 0.864. The molecule has 4 nitrogen and oxygen atoms in total. The molecule has 0 aromatic heterocycles. The lowest BCUT2D eigenvalue weighted by molar-refractivity contribution is -0.137. The van der Waals surface area contributed by atoms with Crippen LogP contribution in [0.1, 0.15) is 18.1 Å². The van der Waals surface area contributed by atoms with Crippen LogP contribution in [0.25, 0.3) is 0 Å². The summed E-state index contributed by atoms with van der Waals surface area (Å²) in [5.74, 6) is 0. The Morgan fingerprint density at radius 2 is 2.04 bits per heavy atom. The monoisotopic (exact) mass is 332 g/mol. The predicted octanol–water partition coefficient (Wildman–Crippen LogP) is 1.83. The van der Waals surface area contributed by atoms with Gasteiger partial charge in [-0.05, 0) is 31.7 Å². The maximum absolute atomic E-state index is 12.8. The van der Waals surface area contributed by atoms with Crippen LogP contribution >= 0.6 is 0 Å². The topological polar surface area (TPSA) is 44.7 Å². The molecule has 0 amide bonds. The first-order valence-corrected chi connectivity index (χ1v) is 7.59. The third-order valence-electron chi connectivity index (χ3n) is 3.99. The highest BCUT2D eigenvalue weighted by molar-refractivity contribution is 5.29. The van der Waals surface area contributed by atoms with E-state index in [0.717, 1.165) is 25.2 Å². The minimum atomic E-state index is -4.42. The second-order valence-corrected chi connectivity index (χ2v) is 6.24. The van der Waals surface area contributed by atoms with Crippen molar-refractivity contribution in [2.24, 2.45) is 0 Å². The van der Waals surface area contributed by atoms with Gasteiger partial charge in [0.05, 0.1) is 23.9 Å². The van der Waals surface area contributed by atoms with Gasteiger partial charge in [0, 0.05) is 26.2 Å². The first-order valence-electron chi connectivity index (χ1n) is 7.59. The number of nitrogens with zero attached hydrogens (tertiary/aromatic N) is 1. The van der Waals surface area contributed by atoms with Crippen LogP contribution in [0.5, 0.6) is 0 Å². The molecule has 0 bridgehead atoms. The Balaban J connectivity index is 1.93. The molecule has 23 heavy (non-hydrogen) atoms. The minimum Gasteiger partial charge on any atom is -0.384 e. The van der Waals surface area contributed by atoms with Crippen LogP contribution in [-0.4, -0.2) is 55.9 Å². The van der Waals surface area contributed by atoms with Crippen LogP contribution in [0.3, 0.4) is 0 Å². The van der Waals surface area contributed by atoms with E-state index in [1.54, 1.807) is 0 Å². The van der Waals surface area contributed by atoms with E-state index in [1.165, 1.54) is 19.1 Å². The minimum absolute atomic E-state index is 0.0195. The summed E-state index contributed by atoms with van der Waals surface area (Å²) >= 11 is 0. The van der Waals surface area contributed by atoms with Gasteiger partial charge in [-0.3, -0.25) is 0 Å². The van der Waals surface area contributed by atoms with E-state index in [1.807, 2.05) is 7.05 Å². The Kier molecular flexibility index (Phi) is 5.67. The van der Waals surface area contributed by atoms with Crippen molar-refractivity contribution in [1.82, 2.24) is 10.2 Å². The van der Waals surface area contributed by atoms with E-state index in [4.69, 9.17) is 4.74 Å². The third kappa shape index (κ3) is 5.17. The Morgan fingerprint density at radius 1 is 1.35 bits per heavy atom. The Morgan fingerprint density at radius 3 is 2.70 bits per heavy atom. The molecule has 0 spiro atoms. The molecule has 7 heteroatoms. The summed E-state index contributed by atoms with van der Waals surface area (Å²) in [7, 11) is 2.01. The number of ether oxygens (including phenoxy) is 1. The van der Waals surface area contributed by atoms with Crippen molar-refractivity contribution in [3.63, 3.8) is 0 Å². The van der Waals surface area contributed by atoms with Gasteiger partial charge in [0.2, 0.25) is 0 Å². The molecule has 2 rings (SSSR count). The summed E-state index contributed by atoms with van der Waals surface area (Å²) in [5.41, 5.74) is -1.91. The van der Waals surface area contributed by atoms with Crippen molar-refractivity contribution in [1.29, 1.82) is 0 Å². The van der Waals surface area contributed by atoms with E-state index in [-0.39, 0.29) is 18.2 Å². The molecule has 2 atom stereocenters. The number of likely N-dealkylation sites (N-methyl/N-ethyl adjacent to an activating group) is 1. The maximum atomic E-state index is 12.8. The van der Waals surface area contributed by atoms with Crippen molar-refractivity contribution in [3.05, 3.63) is 35.4 Å². The van der Waals surface area contributed by atoms with Crippen LogP contribution in [0, 0.1) is 0 Å².